The van der Waals surface area contributed by atoms with E-state index in [-0.39, 0.29) is 25.3 Å². The number of benzene rings is 2. The Balaban J connectivity index is 0.000000331. The van der Waals surface area contributed by atoms with Crippen LogP contribution in [0.25, 0.3) is 22.5 Å². The minimum Gasteiger partial charge on any atom is -0.438 e. The molecule has 4 heterocycles. The average molecular weight is 1150 g/mol. The number of aromatic amines is 1. The molecule has 6 aromatic rings. The van der Waals surface area contributed by atoms with Gasteiger partial charge in [-0.1, -0.05) is 70.0 Å². The van der Waals surface area contributed by atoms with E-state index in [9.17, 15) is 19.2 Å². The monoisotopic (exact) mass is 1140 g/mol. The highest BCUT2D eigenvalue weighted by atomic mass is 35.5. The van der Waals surface area contributed by atoms with Gasteiger partial charge in [-0.05, 0) is 206 Å². The Kier molecular flexibility index (Phi) is 27.6. The molecule has 82 heavy (non-hydrogen) atoms. The molecule has 0 spiro atoms. The molecule has 4 aromatic heterocycles. The van der Waals surface area contributed by atoms with Crippen LogP contribution in [0.3, 0.4) is 0 Å². The van der Waals surface area contributed by atoms with Crippen molar-refractivity contribution in [1.82, 2.24) is 28.7 Å². The van der Waals surface area contributed by atoms with Gasteiger partial charge in [0.2, 0.25) is 11.8 Å². The summed E-state index contributed by atoms with van der Waals surface area (Å²) in [5, 5.41) is 0.829. The molecule has 13 nitrogen and oxygen atoms in total. The van der Waals surface area contributed by atoms with Crippen LogP contribution < -0.4 is 32.0 Å². The summed E-state index contributed by atoms with van der Waals surface area (Å²) in [7, 11) is 2.07. The van der Waals surface area contributed by atoms with Crippen LogP contribution in [0.4, 0.5) is 0 Å². The summed E-state index contributed by atoms with van der Waals surface area (Å²) in [6, 6.07) is 18.7. The van der Waals surface area contributed by atoms with Crippen LogP contribution in [0.1, 0.15) is 50.5 Å². The number of pyridine rings is 2. The Morgan fingerprint density at radius 2 is 1.05 bits per heavy atom. The van der Waals surface area contributed by atoms with Crippen LogP contribution in [0, 0.1) is 133 Å². The second kappa shape index (κ2) is 34.1. The van der Waals surface area contributed by atoms with Crippen LogP contribution in [-0.2, 0) is 38.4 Å². The number of terminal acetylenes is 1. The molecule has 0 radical (unpaired) electrons. The van der Waals surface area contributed by atoms with Crippen molar-refractivity contribution in [2.45, 2.75) is 87.3 Å². The molecule has 0 atom stereocenters. The van der Waals surface area contributed by atoms with E-state index in [0.717, 1.165) is 28.3 Å². The maximum absolute atomic E-state index is 13.2. The van der Waals surface area contributed by atoms with Crippen LogP contribution >= 0.6 is 23.2 Å². The predicted octanol–water partition coefficient (Wildman–Crippen LogP) is 10.00. The lowest BCUT2D eigenvalue weighted by Crippen LogP contribution is -2.42. The molecule has 0 saturated carbocycles. The van der Waals surface area contributed by atoms with Crippen LogP contribution in [0.5, 0.6) is 23.3 Å². The van der Waals surface area contributed by atoms with Gasteiger partial charge in [0.25, 0.3) is 11.1 Å². The number of hydrogen-bond donors (Lipinski definition) is 1. The van der Waals surface area contributed by atoms with E-state index in [2.05, 4.69) is 147 Å². The standard InChI is InChI=1S/C25H32ClN3O4Si.C21H4.C19H18ClN3O3.CH4/c1-7-19-22(28(3)25(31)29(24(19)30)16-32-13-14-34(4,5)6)20-11-10-18(15-17(20)2)33-23-21(26)9-8-12-27-23;1-3-5-7-9-11-13-15-17-19-21-20-18-16-14-12-10-8-6-4-2;1-4-13-16(23(3)19(25)22-17(13)24)14-8-7-12(10-11(14)2)26-18-15(20)6-5-9-21-18;/h8-12,15H,7,13-14,16H2,1-6H3;1H,2H3;5-10H,4H2,1-3H3,(H,22,24,25);1H4. The normalized spacial score (nSPS) is 9.21. The van der Waals surface area contributed by atoms with E-state index in [0.29, 0.717) is 75.3 Å². The molecule has 0 aliphatic heterocycles. The number of ether oxygens (including phenoxy) is 3. The van der Waals surface area contributed by atoms with Gasteiger partial charge in [-0.3, -0.25) is 23.7 Å². The second-order valence-electron chi connectivity index (χ2n) is 17.9. The van der Waals surface area contributed by atoms with Gasteiger partial charge < -0.3 is 14.2 Å². The van der Waals surface area contributed by atoms with E-state index in [1.54, 1.807) is 69.8 Å². The van der Waals surface area contributed by atoms with Crippen LogP contribution in [0.15, 0.2) is 92.2 Å². The van der Waals surface area contributed by atoms with Gasteiger partial charge in [-0.25, -0.2) is 24.1 Å². The fraction of sp³-hybridized carbons (Fsp3) is 0.242. The lowest BCUT2D eigenvalue weighted by molar-refractivity contribution is 0.0805. The third-order valence-corrected chi connectivity index (χ3v) is 13.2. The van der Waals surface area contributed by atoms with Crippen molar-refractivity contribution in [3.8, 4) is 165 Å². The van der Waals surface area contributed by atoms with Crippen LogP contribution in [0.2, 0.25) is 35.7 Å². The Morgan fingerprint density at radius 1 is 0.622 bits per heavy atom. The summed E-state index contributed by atoms with van der Waals surface area (Å²) >= 11 is 12.2. The minimum atomic E-state index is -1.26. The molecular formula is C66H58Cl2N6O7Si. The average Bonchev–Trinajstić information content (AvgIpc) is 3.54. The number of hydrogen-bond acceptors (Lipinski definition) is 9. The molecule has 6 rings (SSSR count). The molecule has 0 fully saturated rings. The van der Waals surface area contributed by atoms with Crippen molar-refractivity contribution in [1.29, 1.82) is 0 Å². The summed E-state index contributed by atoms with van der Waals surface area (Å²) in [5.74, 6) is 48.7. The molecule has 0 saturated heterocycles. The van der Waals surface area contributed by atoms with Gasteiger partial charge >= 0.3 is 11.4 Å². The molecule has 412 valence electrons. The molecule has 1 N–H and O–H groups in total. The van der Waals surface area contributed by atoms with Gasteiger partial charge in [0.05, 0.1) is 11.4 Å². The first kappa shape index (κ1) is 66.3. The lowest BCUT2D eigenvalue weighted by atomic mass is 10.00. The number of aromatic nitrogens is 6. The Labute approximate surface area is 491 Å². The van der Waals surface area contributed by atoms with Crippen LogP contribution in [-0.4, -0.2) is 43.3 Å². The van der Waals surface area contributed by atoms with E-state index in [4.69, 9.17) is 43.8 Å². The number of nitrogens with zero attached hydrogens (tertiary/aromatic N) is 5. The molecule has 0 unspecified atom stereocenters. The molecule has 0 bridgehead atoms. The van der Waals surface area contributed by atoms with Gasteiger partial charge in [-0.15, -0.1) is 6.42 Å². The van der Waals surface area contributed by atoms with Crippen molar-refractivity contribution in [3.05, 3.63) is 147 Å². The summed E-state index contributed by atoms with van der Waals surface area (Å²) in [5.41, 5.74) is 4.16. The topological polar surface area (TPSA) is 152 Å². The maximum atomic E-state index is 13.2. The van der Waals surface area contributed by atoms with Gasteiger partial charge in [0, 0.05) is 75.3 Å². The Hall–Kier alpha value is -9.94. The summed E-state index contributed by atoms with van der Waals surface area (Å²) in [4.78, 5) is 61.1. The molecule has 2 aromatic carbocycles. The molecule has 0 amide bonds. The van der Waals surface area contributed by atoms with Crippen molar-refractivity contribution >= 4 is 31.3 Å². The fourth-order valence-corrected chi connectivity index (χ4v) is 8.17. The summed E-state index contributed by atoms with van der Waals surface area (Å²) < 4.78 is 21.4. The number of rotatable bonds is 13. The predicted molar refractivity (Wildman–Crippen MR) is 331 cm³/mol. The van der Waals surface area contributed by atoms with Crippen molar-refractivity contribution in [2.24, 2.45) is 14.1 Å². The highest BCUT2D eigenvalue weighted by Gasteiger charge is 2.21. The number of nitrogens with one attached hydrogen (secondary N) is 1. The van der Waals surface area contributed by atoms with Crippen molar-refractivity contribution in [3.63, 3.8) is 0 Å². The lowest BCUT2D eigenvalue weighted by Gasteiger charge is -2.19. The van der Waals surface area contributed by atoms with E-state index >= 15 is 0 Å². The summed E-state index contributed by atoms with van der Waals surface area (Å²) in [6.07, 6.45) is 9.10. The van der Waals surface area contributed by atoms with Gasteiger partial charge in [0.15, 0.2) is 0 Å². The zero-order valence-corrected chi connectivity index (χ0v) is 48.9. The first-order valence-corrected chi connectivity index (χ1v) is 29.2. The molecule has 16 heteroatoms. The first-order valence-electron chi connectivity index (χ1n) is 24.8. The molecule has 0 aliphatic rings. The van der Waals surface area contributed by atoms with Crippen molar-refractivity contribution < 1.29 is 14.2 Å². The van der Waals surface area contributed by atoms with Gasteiger partial charge in [-0.2, -0.15) is 0 Å². The van der Waals surface area contributed by atoms with Gasteiger partial charge in [0.1, 0.15) is 28.3 Å². The third kappa shape index (κ3) is 20.4. The fourth-order valence-electron chi connectivity index (χ4n) is 7.09. The molecular weight excluding hydrogens is 1090 g/mol. The Bertz CT molecular complexity index is 4240. The van der Waals surface area contributed by atoms with E-state index in [1.165, 1.54) is 13.7 Å². The smallest absolute Gasteiger partial charge is 0.333 e. The van der Waals surface area contributed by atoms with E-state index < -0.39 is 19.5 Å². The molecule has 0 aliphatic carbocycles. The van der Waals surface area contributed by atoms with E-state index in [1.807, 2.05) is 52.0 Å². The SMILES string of the molecule is C.C#CC#CC#CC#CC#CC#CC#CC#CC#CC#CC.CCc1c(-c2ccc(Oc3ncccc3Cl)cc2C)n(C)c(=O)[nH]c1=O.CCc1c(-c2ccc(Oc3ncccc3Cl)cc2C)n(C)c(=O)n(COCC[Si](C)(C)C)c1=O. The number of aryl methyl sites for hydroxylation is 2. The zero-order valence-electron chi connectivity index (χ0n) is 46.4. The van der Waals surface area contributed by atoms with Crippen molar-refractivity contribution in [2.75, 3.05) is 6.61 Å². The largest absolute Gasteiger partial charge is 0.438 e. The highest BCUT2D eigenvalue weighted by molar-refractivity contribution is 6.76. The zero-order chi connectivity index (χ0) is 59.3. The number of H-pyrrole nitrogens is 1. The minimum absolute atomic E-state index is 0. The number of halogens is 2. The Morgan fingerprint density at radius 3 is 1.44 bits per heavy atom. The summed E-state index contributed by atoms with van der Waals surface area (Å²) in [6.45, 7) is 16.6. The second-order valence-corrected chi connectivity index (χ2v) is 24.3. The maximum Gasteiger partial charge on any atom is 0.333 e. The third-order valence-electron chi connectivity index (χ3n) is 11.0. The quantitative estimate of drug-likeness (QED) is 0.0677. The first-order chi connectivity index (χ1) is 38.9. The highest BCUT2D eigenvalue weighted by Crippen LogP contribution is 2.33.